The zero-order valence-corrected chi connectivity index (χ0v) is 15.6. The molecule has 0 spiro atoms. The van der Waals surface area contributed by atoms with Crippen molar-refractivity contribution in [2.75, 3.05) is 31.5 Å². The van der Waals surface area contributed by atoms with Gasteiger partial charge >= 0.3 is 11.8 Å². The van der Waals surface area contributed by atoms with Crippen molar-refractivity contribution in [1.82, 2.24) is 10.2 Å². The minimum Gasteiger partial charge on any atom is -0.348 e. The van der Waals surface area contributed by atoms with Crippen LogP contribution in [-0.2, 0) is 15.0 Å². The van der Waals surface area contributed by atoms with E-state index in [2.05, 4.69) is 50.2 Å². The molecule has 0 radical (unpaired) electrons. The standard InChI is InChI=1S/C19H31N3O2/c1-6-22(7-2)14-10-13-20-17(23)18(24)21-16-12-9-8-11-15(16)19(3,4)5/h8-9,11-12H,6-7,10,13-14H2,1-5H3,(H,20,23)(H,21,24). The molecule has 5 heteroatoms. The first-order valence-corrected chi connectivity index (χ1v) is 8.70. The fourth-order valence-electron chi connectivity index (χ4n) is 2.55. The third-order valence-corrected chi connectivity index (χ3v) is 4.02. The minimum absolute atomic E-state index is 0.107. The Bertz CT molecular complexity index is 546. The molecule has 1 aromatic rings. The van der Waals surface area contributed by atoms with Crippen molar-refractivity contribution in [2.24, 2.45) is 0 Å². The third-order valence-electron chi connectivity index (χ3n) is 4.02. The lowest BCUT2D eigenvalue weighted by atomic mass is 9.86. The van der Waals surface area contributed by atoms with E-state index in [1.807, 2.05) is 24.3 Å². The van der Waals surface area contributed by atoms with Crippen LogP contribution in [0, 0.1) is 0 Å². The molecule has 0 aromatic heterocycles. The van der Waals surface area contributed by atoms with Crippen LogP contribution in [0.4, 0.5) is 5.69 Å². The van der Waals surface area contributed by atoms with Crippen molar-refractivity contribution in [3.05, 3.63) is 29.8 Å². The Hall–Kier alpha value is -1.88. The van der Waals surface area contributed by atoms with Crippen LogP contribution in [0.15, 0.2) is 24.3 Å². The van der Waals surface area contributed by atoms with Gasteiger partial charge in [-0.1, -0.05) is 52.8 Å². The maximum atomic E-state index is 12.1. The smallest absolute Gasteiger partial charge is 0.313 e. The Balaban J connectivity index is 2.52. The van der Waals surface area contributed by atoms with Crippen LogP contribution >= 0.6 is 0 Å². The molecule has 0 saturated carbocycles. The van der Waals surface area contributed by atoms with Crippen molar-refractivity contribution < 1.29 is 9.59 Å². The summed E-state index contributed by atoms with van der Waals surface area (Å²) in [5.41, 5.74) is 1.59. The molecule has 1 rings (SSSR count). The Morgan fingerprint density at radius 2 is 1.67 bits per heavy atom. The van der Waals surface area contributed by atoms with Crippen molar-refractivity contribution in [3.63, 3.8) is 0 Å². The highest BCUT2D eigenvalue weighted by atomic mass is 16.2. The van der Waals surface area contributed by atoms with Crippen LogP contribution < -0.4 is 10.6 Å². The molecule has 1 aromatic carbocycles. The van der Waals surface area contributed by atoms with E-state index in [0.717, 1.165) is 31.6 Å². The van der Waals surface area contributed by atoms with E-state index in [9.17, 15) is 9.59 Å². The van der Waals surface area contributed by atoms with E-state index >= 15 is 0 Å². The predicted molar refractivity (Wildman–Crippen MR) is 99.2 cm³/mol. The molecule has 0 aliphatic rings. The zero-order valence-electron chi connectivity index (χ0n) is 15.6. The van der Waals surface area contributed by atoms with E-state index in [-0.39, 0.29) is 5.41 Å². The van der Waals surface area contributed by atoms with Crippen molar-refractivity contribution in [2.45, 2.75) is 46.5 Å². The number of hydrogen-bond acceptors (Lipinski definition) is 3. The first-order chi connectivity index (χ1) is 11.3. The highest BCUT2D eigenvalue weighted by Gasteiger charge is 2.20. The number of nitrogens with zero attached hydrogens (tertiary/aromatic N) is 1. The largest absolute Gasteiger partial charge is 0.348 e. The SMILES string of the molecule is CCN(CC)CCCNC(=O)C(=O)Nc1ccccc1C(C)(C)C. The monoisotopic (exact) mass is 333 g/mol. The van der Waals surface area contributed by atoms with E-state index in [1.165, 1.54) is 0 Å². The molecular weight excluding hydrogens is 302 g/mol. The summed E-state index contributed by atoms with van der Waals surface area (Å²) in [4.78, 5) is 26.3. The average Bonchev–Trinajstić information content (AvgIpc) is 2.54. The molecule has 0 bridgehead atoms. The summed E-state index contributed by atoms with van der Waals surface area (Å²) in [6.45, 7) is 13.9. The minimum atomic E-state index is -0.616. The molecule has 0 aliphatic carbocycles. The molecule has 0 unspecified atom stereocenters. The van der Waals surface area contributed by atoms with Gasteiger partial charge in [-0.2, -0.15) is 0 Å². The van der Waals surface area contributed by atoms with Gasteiger partial charge in [0.15, 0.2) is 0 Å². The van der Waals surface area contributed by atoms with Crippen molar-refractivity contribution in [3.8, 4) is 0 Å². The molecule has 0 saturated heterocycles. The van der Waals surface area contributed by atoms with Gasteiger partial charge in [0.05, 0.1) is 0 Å². The molecule has 134 valence electrons. The zero-order chi connectivity index (χ0) is 18.2. The number of amides is 2. The Morgan fingerprint density at radius 1 is 1.04 bits per heavy atom. The number of para-hydroxylation sites is 1. The van der Waals surface area contributed by atoms with Gasteiger partial charge in [0.2, 0.25) is 0 Å². The number of rotatable bonds is 7. The molecule has 2 amide bonds. The molecule has 0 aliphatic heterocycles. The van der Waals surface area contributed by atoms with Gasteiger partial charge in [0.1, 0.15) is 0 Å². The van der Waals surface area contributed by atoms with Crippen LogP contribution in [0.5, 0.6) is 0 Å². The summed E-state index contributed by atoms with van der Waals surface area (Å²) < 4.78 is 0. The number of anilines is 1. The molecule has 0 heterocycles. The average molecular weight is 333 g/mol. The highest BCUT2D eigenvalue weighted by molar-refractivity contribution is 6.39. The highest BCUT2D eigenvalue weighted by Crippen LogP contribution is 2.29. The fourth-order valence-corrected chi connectivity index (χ4v) is 2.55. The number of hydrogen-bond donors (Lipinski definition) is 2. The van der Waals surface area contributed by atoms with Gasteiger partial charge < -0.3 is 15.5 Å². The molecule has 24 heavy (non-hydrogen) atoms. The summed E-state index contributed by atoms with van der Waals surface area (Å²) in [6, 6.07) is 7.58. The van der Waals surface area contributed by atoms with Gasteiger partial charge in [-0.15, -0.1) is 0 Å². The second-order valence-electron chi connectivity index (χ2n) is 6.89. The Kier molecular flexibility index (Phi) is 7.92. The van der Waals surface area contributed by atoms with E-state index in [4.69, 9.17) is 0 Å². The van der Waals surface area contributed by atoms with Gasteiger partial charge in [-0.3, -0.25) is 9.59 Å². The normalized spacial score (nSPS) is 11.4. The van der Waals surface area contributed by atoms with Crippen molar-refractivity contribution in [1.29, 1.82) is 0 Å². The van der Waals surface area contributed by atoms with Gasteiger partial charge in [-0.25, -0.2) is 0 Å². The van der Waals surface area contributed by atoms with Crippen LogP contribution in [0.25, 0.3) is 0 Å². The lowest BCUT2D eigenvalue weighted by molar-refractivity contribution is -0.136. The fraction of sp³-hybridized carbons (Fsp3) is 0.579. The summed E-state index contributed by atoms with van der Waals surface area (Å²) in [5, 5.41) is 5.41. The second-order valence-corrected chi connectivity index (χ2v) is 6.89. The lowest BCUT2D eigenvalue weighted by Crippen LogP contribution is -2.37. The van der Waals surface area contributed by atoms with E-state index in [1.54, 1.807) is 0 Å². The number of carbonyl (C=O) groups is 2. The predicted octanol–water partition coefficient (Wildman–Crippen LogP) is 2.77. The Morgan fingerprint density at radius 3 is 2.25 bits per heavy atom. The van der Waals surface area contributed by atoms with Crippen LogP contribution in [0.2, 0.25) is 0 Å². The summed E-state index contributed by atoms with van der Waals surface area (Å²) in [7, 11) is 0. The first-order valence-electron chi connectivity index (χ1n) is 8.70. The molecular formula is C19H31N3O2. The van der Waals surface area contributed by atoms with E-state index in [0.29, 0.717) is 12.2 Å². The number of carbonyl (C=O) groups excluding carboxylic acids is 2. The summed E-state index contributed by atoms with van der Waals surface area (Å²) in [5.74, 6) is -1.20. The number of nitrogens with one attached hydrogen (secondary N) is 2. The summed E-state index contributed by atoms with van der Waals surface area (Å²) in [6.07, 6.45) is 0.833. The maximum absolute atomic E-state index is 12.1. The van der Waals surface area contributed by atoms with Crippen LogP contribution in [0.3, 0.4) is 0 Å². The lowest BCUT2D eigenvalue weighted by Gasteiger charge is -2.22. The van der Waals surface area contributed by atoms with Crippen LogP contribution in [0.1, 0.15) is 46.6 Å². The van der Waals surface area contributed by atoms with Crippen LogP contribution in [-0.4, -0.2) is 42.9 Å². The quantitative estimate of drug-likeness (QED) is 0.596. The second kappa shape index (κ2) is 9.42. The third kappa shape index (κ3) is 6.32. The van der Waals surface area contributed by atoms with E-state index < -0.39 is 11.8 Å². The molecule has 0 fully saturated rings. The van der Waals surface area contributed by atoms with Gasteiger partial charge in [0, 0.05) is 12.2 Å². The number of benzene rings is 1. The maximum Gasteiger partial charge on any atom is 0.313 e. The van der Waals surface area contributed by atoms with Crippen molar-refractivity contribution >= 4 is 17.5 Å². The first kappa shape index (κ1) is 20.2. The van der Waals surface area contributed by atoms with Gasteiger partial charge in [-0.05, 0) is 43.1 Å². The molecule has 0 atom stereocenters. The molecule has 2 N–H and O–H groups in total. The Labute approximate surface area is 145 Å². The van der Waals surface area contributed by atoms with Gasteiger partial charge in [0.25, 0.3) is 0 Å². The molecule has 5 nitrogen and oxygen atoms in total. The topological polar surface area (TPSA) is 61.4 Å². The summed E-state index contributed by atoms with van der Waals surface area (Å²) >= 11 is 0.